The molecule has 0 saturated heterocycles. The Morgan fingerprint density at radius 3 is 2.14 bits per heavy atom. The van der Waals surface area contributed by atoms with Crippen LogP contribution in [0.3, 0.4) is 0 Å². The summed E-state index contributed by atoms with van der Waals surface area (Å²) in [4.78, 5) is 0. The topological polar surface area (TPSA) is 61.7 Å². The zero-order chi connectivity index (χ0) is 15.4. The van der Waals surface area contributed by atoms with Crippen molar-refractivity contribution >= 4 is 0 Å². The molecule has 2 rings (SSSR count). The van der Waals surface area contributed by atoms with Crippen LogP contribution < -0.4 is 10.1 Å². The summed E-state index contributed by atoms with van der Waals surface area (Å²) in [7, 11) is 1.65. The Bertz CT molecular complexity index is 592. The normalized spacial score (nSPS) is 13.7. The number of benzene rings is 2. The number of rotatable bonds is 5. The van der Waals surface area contributed by atoms with Crippen molar-refractivity contribution in [1.29, 1.82) is 0 Å². The highest BCUT2D eigenvalue weighted by molar-refractivity contribution is 5.38. The van der Waals surface area contributed by atoms with Crippen LogP contribution in [0.15, 0.2) is 42.5 Å². The van der Waals surface area contributed by atoms with Gasteiger partial charge in [-0.3, -0.25) is 0 Å². The molecule has 21 heavy (non-hydrogen) atoms. The average molecular weight is 287 g/mol. The van der Waals surface area contributed by atoms with Crippen molar-refractivity contribution in [1.82, 2.24) is 5.32 Å². The molecule has 0 spiro atoms. The zero-order valence-electron chi connectivity index (χ0n) is 12.5. The predicted octanol–water partition coefficient (Wildman–Crippen LogP) is 3.52. The molecule has 3 N–H and O–H groups in total. The quantitative estimate of drug-likeness (QED) is 0.787. The summed E-state index contributed by atoms with van der Waals surface area (Å²) in [5.74, 6) is 0.948. The van der Waals surface area contributed by atoms with Crippen LogP contribution in [0, 0.1) is 0 Å². The largest absolute Gasteiger partial charge is 0.508 e. The van der Waals surface area contributed by atoms with Crippen LogP contribution in [0.1, 0.15) is 37.1 Å². The van der Waals surface area contributed by atoms with Crippen molar-refractivity contribution in [2.45, 2.75) is 25.9 Å². The molecule has 0 aliphatic rings. The molecule has 112 valence electrons. The van der Waals surface area contributed by atoms with Gasteiger partial charge in [-0.15, -0.1) is 0 Å². The predicted molar refractivity (Wildman–Crippen MR) is 82.7 cm³/mol. The molecule has 0 heterocycles. The molecule has 0 bridgehead atoms. The highest BCUT2D eigenvalue weighted by Gasteiger charge is 2.13. The van der Waals surface area contributed by atoms with Crippen LogP contribution in [0.2, 0.25) is 0 Å². The highest BCUT2D eigenvalue weighted by atomic mass is 16.5. The number of nitrogens with one attached hydrogen (secondary N) is 1. The van der Waals surface area contributed by atoms with Crippen molar-refractivity contribution < 1.29 is 14.9 Å². The fraction of sp³-hybridized carbons (Fsp3) is 0.294. The summed E-state index contributed by atoms with van der Waals surface area (Å²) in [5.41, 5.74) is 1.95. The molecule has 0 aliphatic carbocycles. The second kappa shape index (κ2) is 6.50. The number of hydrogen-bond donors (Lipinski definition) is 3. The standard InChI is InChI=1S/C17H21NO3/c1-11(13-5-4-6-17(9-13)21-3)18-12(2)14-7-15(19)10-16(20)8-14/h4-12,18-20H,1-3H3. The Hall–Kier alpha value is -2.20. The summed E-state index contributed by atoms with van der Waals surface area (Å²) in [6, 6.07) is 12.6. The van der Waals surface area contributed by atoms with Gasteiger partial charge in [0.25, 0.3) is 0 Å². The van der Waals surface area contributed by atoms with Crippen molar-refractivity contribution in [3.8, 4) is 17.2 Å². The number of methoxy groups -OCH3 is 1. The maximum Gasteiger partial charge on any atom is 0.119 e. The minimum atomic E-state index is -0.01000. The first kappa shape index (κ1) is 15.2. The number of aromatic hydroxyl groups is 2. The number of phenolic OH excluding ortho intramolecular Hbond substituents is 2. The van der Waals surface area contributed by atoms with Crippen LogP contribution in [-0.2, 0) is 0 Å². The van der Waals surface area contributed by atoms with Gasteiger partial charge in [0, 0.05) is 18.2 Å². The van der Waals surface area contributed by atoms with Gasteiger partial charge in [0.05, 0.1) is 7.11 Å². The van der Waals surface area contributed by atoms with E-state index in [-0.39, 0.29) is 23.6 Å². The van der Waals surface area contributed by atoms with E-state index >= 15 is 0 Å². The third kappa shape index (κ3) is 3.89. The molecule has 0 amide bonds. The summed E-state index contributed by atoms with van der Waals surface area (Å²) in [6.45, 7) is 4.05. The van der Waals surface area contributed by atoms with E-state index < -0.39 is 0 Å². The summed E-state index contributed by atoms with van der Waals surface area (Å²) in [6.07, 6.45) is 0. The fourth-order valence-corrected chi connectivity index (χ4v) is 2.35. The lowest BCUT2D eigenvalue weighted by molar-refractivity contribution is 0.412. The second-order valence-corrected chi connectivity index (χ2v) is 5.17. The zero-order valence-corrected chi connectivity index (χ0v) is 12.5. The lowest BCUT2D eigenvalue weighted by Gasteiger charge is -2.21. The molecule has 0 radical (unpaired) electrons. The minimum absolute atomic E-state index is 0.01000. The van der Waals surface area contributed by atoms with E-state index in [1.165, 1.54) is 6.07 Å². The van der Waals surface area contributed by atoms with E-state index in [0.29, 0.717) is 0 Å². The minimum Gasteiger partial charge on any atom is -0.508 e. The first-order valence-electron chi connectivity index (χ1n) is 6.92. The second-order valence-electron chi connectivity index (χ2n) is 5.17. The lowest BCUT2D eigenvalue weighted by atomic mass is 10.0. The Morgan fingerprint density at radius 1 is 0.905 bits per heavy atom. The van der Waals surface area contributed by atoms with Gasteiger partial charge in [0.2, 0.25) is 0 Å². The molecule has 2 atom stereocenters. The molecule has 0 aliphatic heterocycles. The van der Waals surface area contributed by atoms with Gasteiger partial charge in [-0.05, 0) is 49.2 Å². The molecular formula is C17H21NO3. The third-order valence-corrected chi connectivity index (χ3v) is 3.52. The molecule has 0 aromatic heterocycles. The van der Waals surface area contributed by atoms with Gasteiger partial charge < -0.3 is 20.3 Å². The molecule has 2 aromatic carbocycles. The monoisotopic (exact) mass is 287 g/mol. The van der Waals surface area contributed by atoms with E-state index in [4.69, 9.17) is 4.74 Å². The van der Waals surface area contributed by atoms with E-state index in [2.05, 4.69) is 12.2 Å². The third-order valence-electron chi connectivity index (χ3n) is 3.52. The molecule has 4 heteroatoms. The van der Waals surface area contributed by atoms with Crippen LogP contribution in [-0.4, -0.2) is 17.3 Å². The van der Waals surface area contributed by atoms with Crippen molar-refractivity contribution in [3.05, 3.63) is 53.6 Å². The SMILES string of the molecule is COc1cccc(C(C)NC(C)c2cc(O)cc(O)c2)c1. The molecular weight excluding hydrogens is 266 g/mol. The highest BCUT2D eigenvalue weighted by Crippen LogP contribution is 2.27. The van der Waals surface area contributed by atoms with Gasteiger partial charge in [-0.2, -0.15) is 0 Å². The number of phenols is 2. The van der Waals surface area contributed by atoms with Crippen molar-refractivity contribution in [2.24, 2.45) is 0 Å². The van der Waals surface area contributed by atoms with Gasteiger partial charge in [-0.1, -0.05) is 12.1 Å². The van der Waals surface area contributed by atoms with Crippen molar-refractivity contribution in [2.75, 3.05) is 7.11 Å². The first-order valence-corrected chi connectivity index (χ1v) is 6.92. The van der Waals surface area contributed by atoms with Crippen molar-refractivity contribution in [3.63, 3.8) is 0 Å². The fourth-order valence-electron chi connectivity index (χ4n) is 2.35. The van der Waals surface area contributed by atoms with Crippen LogP contribution in [0.25, 0.3) is 0 Å². The van der Waals surface area contributed by atoms with Crippen LogP contribution in [0.4, 0.5) is 0 Å². The number of hydrogen-bond acceptors (Lipinski definition) is 4. The Kier molecular flexibility index (Phi) is 4.70. The molecule has 2 unspecified atom stereocenters. The smallest absolute Gasteiger partial charge is 0.119 e. The molecule has 0 saturated carbocycles. The Balaban J connectivity index is 2.12. The van der Waals surface area contributed by atoms with Gasteiger partial charge in [0.1, 0.15) is 17.2 Å². The number of ether oxygens (including phenoxy) is 1. The lowest BCUT2D eigenvalue weighted by Crippen LogP contribution is -2.22. The van der Waals surface area contributed by atoms with Crippen LogP contribution in [0.5, 0.6) is 17.2 Å². The van der Waals surface area contributed by atoms with E-state index in [0.717, 1.165) is 16.9 Å². The molecule has 2 aromatic rings. The maximum absolute atomic E-state index is 9.56. The summed E-state index contributed by atoms with van der Waals surface area (Å²) >= 11 is 0. The maximum atomic E-state index is 9.56. The van der Waals surface area contributed by atoms with E-state index in [1.807, 2.05) is 31.2 Å². The first-order chi connectivity index (χ1) is 9.99. The molecule has 4 nitrogen and oxygen atoms in total. The molecule has 0 fully saturated rings. The Morgan fingerprint density at radius 2 is 1.52 bits per heavy atom. The van der Waals surface area contributed by atoms with Gasteiger partial charge in [-0.25, -0.2) is 0 Å². The summed E-state index contributed by atoms with van der Waals surface area (Å²) in [5, 5.41) is 22.6. The van der Waals surface area contributed by atoms with Gasteiger partial charge in [0.15, 0.2) is 0 Å². The summed E-state index contributed by atoms with van der Waals surface area (Å²) < 4.78 is 5.23. The van der Waals surface area contributed by atoms with Crippen LogP contribution >= 0.6 is 0 Å². The van der Waals surface area contributed by atoms with E-state index in [9.17, 15) is 10.2 Å². The Labute approximate surface area is 125 Å². The van der Waals surface area contributed by atoms with E-state index in [1.54, 1.807) is 19.2 Å². The van der Waals surface area contributed by atoms with Gasteiger partial charge >= 0.3 is 0 Å². The average Bonchev–Trinajstić information content (AvgIpc) is 2.46.